The molecule has 2 heterocycles. The molecule has 0 atom stereocenters. The molecule has 0 aliphatic carbocycles. The van der Waals surface area contributed by atoms with Gasteiger partial charge in [-0.15, -0.1) is 11.3 Å². The number of anilines is 2. The van der Waals surface area contributed by atoms with Crippen molar-refractivity contribution in [2.75, 3.05) is 16.8 Å². The van der Waals surface area contributed by atoms with E-state index in [2.05, 4.69) is 10.3 Å². The van der Waals surface area contributed by atoms with E-state index in [9.17, 15) is 14.4 Å². The van der Waals surface area contributed by atoms with Gasteiger partial charge in [0.05, 0.1) is 11.4 Å². The molecule has 0 fully saturated rings. The average molecular weight is 344 g/mol. The highest BCUT2D eigenvalue weighted by atomic mass is 32.1. The lowest BCUT2D eigenvalue weighted by Crippen LogP contribution is -2.42. The summed E-state index contributed by atoms with van der Waals surface area (Å²) in [5.41, 5.74) is 1.25. The van der Waals surface area contributed by atoms with Gasteiger partial charge in [0.1, 0.15) is 6.54 Å². The molecule has 1 N–H and O–H groups in total. The Morgan fingerprint density at radius 2 is 2.08 bits per heavy atom. The number of thiazole rings is 1. The number of nitrogens with one attached hydrogen (secondary N) is 1. The summed E-state index contributed by atoms with van der Waals surface area (Å²) in [5.74, 6) is -0.865. The number of amides is 3. The van der Waals surface area contributed by atoms with Gasteiger partial charge in [-0.2, -0.15) is 4.99 Å². The van der Waals surface area contributed by atoms with Crippen LogP contribution in [0.2, 0.25) is 0 Å². The summed E-state index contributed by atoms with van der Waals surface area (Å²) >= 11 is 1.36. The van der Waals surface area contributed by atoms with E-state index in [1.165, 1.54) is 16.2 Å². The zero-order valence-electron chi connectivity index (χ0n) is 13.1. The number of hydrogen-bond acceptors (Lipinski definition) is 4. The molecule has 1 aromatic heterocycles. The Hall–Kier alpha value is -2.74. The van der Waals surface area contributed by atoms with E-state index in [0.29, 0.717) is 16.2 Å². The number of aromatic nitrogens is 1. The minimum atomic E-state index is -0.351. The number of nitrogens with zero attached hydrogens (tertiary/aromatic N) is 3. The van der Waals surface area contributed by atoms with Gasteiger partial charge in [0.25, 0.3) is 0 Å². The fourth-order valence-corrected chi connectivity index (χ4v) is 3.15. The SMILES string of the molecule is Cn1ccsc1=NC(=O)CCC(=O)N1CC(=O)Nc2ccccc21. The first-order chi connectivity index (χ1) is 11.5. The molecule has 0 saturated heterocycles. The van der Waals surface area contributed by atoms with Crippen LogP contribution < -0.4 is 15.0 Å². The van der Waals surface area contributed by atoms with E-state index < -0.39 is 0 Å². The summed E-state index contributed by atoms with van der Waals surface area (Å²) in [6.07, 6.45) is 1.83. The minimum absolute atomic E-state index is 0.0109. The number of para-hydroxylation sites is 2. The second-order valence-corrected chi connectivity index (χ2v) is 6.22. The van der Waals surface area contributed by atoms with Crippen LogP contribution in [0.15, 0.2) is 40.8 Å². The summed E-state index contributed by atoms with van der Waals surface area (Å²) in [6, 6.07) is 7.10. The largest absolute Gasteiger partial charge is 0.327 e. The molecule has 0 radical (unpaired) electrons. The Morgan fingerprint density at radius 3 is 2.83 bits per heavy atom. The maximum atomic E-state index is 12.4. The third-order valence-electron chi connectivity index (χ3n) is 3.60. The second-order valence-electron chi connectivity index (χ2n) is 5.35. The van der Waals surface area contributed by atoms with Gasteiger partial charge in [-0.25, -0.2) is 0 Å². The fourth-order valence-electron chi connectivity index (χ4n) is 2.40. The van der Waals surface area contributed by atoms with Gasteiger partial charge in [-0.1, -0.05) is 12.1 Å². The average Bonchev–Trinajstić information content (AvgIpc) is 2.96. The Kier molecular flexibility index (Phi) is 4.57. The molecule has 2 aromatic rings. The topological polar surface area (TPSA) is 83.8 Å². The molecule has 7 nitrogen and oxygen atoms in total. The molecular formula is C16H16N4O3S. The summed E-state index contributed by atoms with van der Waals surface area (Å²) in [4.78, 5) is 42.1. The van der Waals surface area contributed by atoms with Crippen molar-refractivity contribution in [1.29, 1.82) is 0 Å². The molecule has 124 valence electrons. The quantitative estimate of drug-likeness (QED) is 0.910. The van der Waals surface area contributed by atoms with Gasteiger partial charge < -0.3 is 14.8 Å². The third-order valence-corrected chi connectivity index (χ3v) is 4.45. The fraction of sp³-hybridized carbons (Fsp3) is 0.250. The van der Waals surface area contributed by atoms with Crippen LogP contribution in [0.5, 0.6) is 0 Å². The number of aryl methyl sites for hydroxylation is 1. The zero-order valence-corrected chi connectivity index (χ0v) is 13.9. The standard InChI is InChI=1S/C16H16N4O3S/c1-19-8-9-24-16(19)18-13(21)6-7-15(23)20-10-14(22)17-11-4-2-3-5-12(11)20/h2-5,8-9H,6-7,10H2,1H3,(H,17,22). The highest BCUT2D eigenvalue weighted by Gasteiger charge is 2.26. The molecule has 1 aliphatic heterocycles. The first-order valence-corrected chi connectivity index (χ1v) is 8.29. The molecule has 3 rings (SSSR count). The lowest BCUT2D eigenvalue weighted by atomic mass is 10.1. The lowest BCUT2D eigenvalue weighted by Gasteiger charge is -2.29. The van der Waals surface area contributed by atoms with E-state index >= 15 is 0 Å². The maximum Gasteiger partial charge on any atom is 0.248 e. The molecule has 24 heavy (non-hydrogen) atoms. The van der Waals surface area contributed by atoms with Crippen molar-refractivity contribution < 1.29 is 14.4 Å². The van der Waals surface area contributed by atoms with Crippen LogP contribution in [-0.4, -0.2) is 28.8 Å². The van der Waals surface area contributed by atoms with Crippen LogP contribution in [-0.2, 0) is 21.4 Å². The molecule has 0 saturated carbocycles. The number of carbonyl (C=O) groups excluding carboxylic acids is 3. The Labute approximate surface area is 142 Å². The van der Waals surface area contributed by atoms with E-state index in [-0.39, 0.29) is 37.1 Å². The van der Waals surface area contributed by atoms with Gasteiger partial charge in [0.15, 0.2) is 4.80 Å². The van der Waals surface area contributed by atoms with Crippen molar-refractivity contribution in [3.8, 4) is 0 Å². The lowest BCUT2D eigenvalue weighted by molar-refractivity contribution is -0.124. The summed E-state index contributed by atoms with van der Waals surface area (Å²) in [7, 11) is 1.80. The predicted molar refractivity (Wildman–Crippen MR) is 90.5 cm³/mol. The van der Waals surface area contributed by atoms with Crippen LogP contribution in [0, 0.1) is 0 Å². The van der Waals surface area contributed by atoms with Crippen LogP contribution in [0.25, 0.3) is 0 Å². The normalized spacial score (nSPS) is 14.3. The molecule has 1 aliphatic rings. The van der Waals surface area contributed by atoms with E-state index in [0.717, 1.165) is 0 Å². The Morgan fingerprint density at radius 1 is 1.29 bits per heavy atom. The summed E-state index contributed by atoms with van der Waals surface area (Å²) in [5, 5.41) is 4.56. The number of carbonyl (C=O) groups is 3. The van der Waals surface area contributed by atoms with Crippen LogP contribution in [0.4, 0.5) is 11.4 Å². The smallest absolute Gasteiger partial charge is 0.248 e. The summed E-state index contributed by atoms with van der Waals surface area (Å²) in [6.45, 7) is -0.0406. The van der Waals surface area contributed by atoms with Gasteiger partial charge in [0.2, 0.25) is 17.7 Å². The van der Waals surface area contributed by atoms with Crippen LogP contribution in [0.3, 0.4) is 0 Å². The number of rotatable bonds is 3. The van der Waals surface area contributed by atoms with Crippen molar-refractivity contribution in [2.45, 2.75) is 12.8 Å². The van der Waals surface area contributed by atoms with E-state index in [1.807, 2.05) is 11.6 Å². The number of fused-ring (bicyclic) bond motifs is 1. The summed E-state index contributed by atoms with van der Waals surface area (Å²) < 4.78 is 1.75. The van der Waals surface area contributed by atoms with Crippen molar-refractivity contribution in [1.82, 2.24) is 4.57 Å². The first-order valence-electron chi connectivity index (χ1n) is 7.41. The van der Waals surface area contributed by atoms with E-state index in [4.69, 9.17) is 0 Å². The van der Waals surface area contributed by atoms with Gasteiger partial charge >= 0.3 is 0 Å². The van der Waals surface area contributed by atoms with Gasteiger partial charge in [0, 0.05) is 31.5 Å². The molecular weight excluding hydrogens is 328 g/mol. The van der Waals surface area contributed by atoms with Crippen LogP contribution >= 0.6 is 11.3 Å². The molecule has 8 heteroatoms. The molecule has 0 spiro atoms. The Bertz CT molecular complexity index is 868. The molecule has 3 amide bonds. The van der Waals surface area contributed by atoms with Crippen molar-refractivity contribution in [2.24, 2.45) is 12.0 Å². The first kappa shape index (κ1) is 16.1. The minimum Gasteiger partial charge on any atom is -0.327 e. The highest BCUT2D eigenvalue weighted by molar-refractivity contribution is 7.07. The van der Waals surface area contributed by atoms with Gasteiger partial charge in [-0.05, 0) is 12.1 Å². The zero-order chi connectivity index (χ0) is 17.1. The molecule has 1 aromatic carbocycles. The monoisotopic (exact) mass is 344 g/mol. The third kappa shape index (κ3) is 3.43. The second kappa shape index (κ2) is 6.79. The molecule has 0 unspecified atom stereocenters. The number of benzene rings is 1. The van der Waals surface area contributed by atoms with Crippen molar-refractivity contribution in [3.63, 3.8) is 0 Å². The van der Waals surface area contributed by atoms with E-state index in [1.54, 1.807) is 35.9 Å². The van der Waals surface area contributed by atoms with Crippen molar-refractivity contribution in [3.05, 3.63) is 40.6 Å². The van der Waals surface area contributed by atoms with Crippen LogP contribution in [0.1, 0.15) is 12.8 Å². The van der Waals surface area contributed by atoms with Crippen molar-refractivity contribution >= 4 is 40.4 Å². The highest BCUT2D eigenvalue weighted by Crippen LogP contribution is 2.29. The maximum absolute atomic E-state index is 12.4. The predicted octanol–water partition coefficient (Wildman–Crippen LogP) is 1.28. The molecule has 0 bridgehead atoms. The Balaban J connectivity index is 1.69. The number of hydrogen-bond donors (Lipinski definition) is 1. The van der Waals surface area contributed by atoms with Gasteiger partial charge in [-0.3, -0.25) is 14.4 Å².